The number of fused-ring (bicyclic) bond motifs is 1. The molecule has 1 fully saturated rings. The van der Waals surface area contributed by atoms with Crippen LogP contribution in [0.4, 0.5) is 0 Å². The molecule has 0 spiro atoms. The highest BCUT2D eigenvalue weighted by atomic mass is 16.1. The van der Waals surface area contributed by atoms with Crippen LogP contribution >= 0.6 is 0 Å². The molecule has 2 unspecified atom stereocenters. The van der Waals surface area contributed by atoms with Gasteiger partial charge in [0.05, 0.1) is 16.8 Å². The summed E-state index contributed by atoms with van der Waals surface area (Å²) in [5.41, 5.74) is 4.82. The van der Waals surface area contributed by atoms with E-state index in [1.54, 1.807) is 0 Å². The van der Waals surface area contributed by atoms with Gasteiger partial charge in [0.2, 0.25) is 0 Å². The molecule has 1 aliphatic carbocycles. The Kier molecular flexibility index (Phi) is 6.17. The zero-order valence-electron chi connectivity index (χ0n) is 18.3. The van der Waals surface area contributed by atoms with E-state index in [0.29, 0.717) is 11.8 Å². The van der Waals surface area contributed by atoms with Gasteiger partial charge in [-0.1, -0.05) is 76.1 Å². The second-order valence-electron chi connectivity index (χ2n) is 9.21. The van der Waals surface area contributed by atoms with Crippen molar-refractivity contribution in [2.24, 2.45) is 11.8 Å². The number of benzene rings is 2. The standard InChI is InChI=1S/C27H32N2O/c1-18(2)16-20-12-14-21(15-13-20)26-17-23(22-9-5-7-11-25(22)28-26)27(30)29-24-10-6-4-8-19(24)3/h5,7,9,11-15,17-19,24H,4,6,8,10,16H2,1-3H3,(H,29,30). The average molecular weight is 401 g/mol. The molecule has 1 heterocycles. The van der Waals surface area contributed by atoms with Gasteiger partial charge in [0, 0.05) is 17.0 Å². The van der Waals surface area contributed by atoms with Gasteiger partial charge < -0.3 is 5.32 Å². The van der Waals surface area contributed by atoms with Gasteiger partial charge in [-0.15, -0.1) is 0 Å². The van der Waals surface area contributed by atoms with Crippen LogP contribution in [0.15, 0.2) is 54.6 Å². The van der Waals surface area contributed by atoms with Gasteiger partial charge in [0.15, 0.2) is 0 Å². The van der Waals surface area contributed by atoms with Gasteiger partial charge in [0.25, 0.3) is 5.91 Å². The SMILES string of the molecule is CC(C)Cc1ccc(-c2cc(C(=O)NC3CCCCC3C)c3ccccc3n2)cc1. The summed E-state index contributed by atoms with van der Waals surface area (Å²) in [6.07, 6.45) is 5.79. The number of hydrogen-bond donors (Lipinski definition) is 1. The highest BCUT2D eigenvalue weighted by molar-refractivity contribution is 6.07. The predicted octanol–water partition coefficient (Wildman–Crippen LogP) is 6.41. The minimum Gasteiger partial charge on any atom is -0.349 e. The summed E-state index contributed by atoms with van der Waals surface area (Å²) in [5, 5.41) is 4.24. The Morgan fingerprint density at radius 3 is 2.53 bits per heavy atom. The molecule has 2 aromatic carbocycles. The minimum atomic E-state index is 0.0185. The Morgan fingerprint density at radius 2 is 1.80 bits per heavy atom. The molecule has 1 N–H and O–H groups in total. The second-order valence-corrected chi connectivity index (χ2v) is 9.21. The number of hydrogen-bond acceptors (Lipinski definition) is 2. The molecule has 3 heteroatoms. The van der Waals surface area contributed by atoms with Crippen molar-refractivity contribution in [1.29, 1.82) is 0 Å². The molecule has 1 amide bonds. The van der Waals surface area contributed by atoms with Crippen molar-refractivity contribution in [1.82, 2.24) is 10.3 Å². The van der Waals surface area contributed by atoms with Gasteiger partial charge in [-0.2, -0.15) is 0 Å². The predicted molar refractivity (Wildman–Crippen MR) is 125 cm³/mol. The summed E-state index contributed by atoms with van der Waals surface area (Å²) >= 11 is 0. The van der Waals surface area contributed by atoms with Crippen LogP contribution in [0.1, 0.15) is 62.4 Å². The van der Waals surface area contributed by atoms with E-state index >= 15 is 0 Å². The first-order valence-corrected chi connectivity index (χ1v) is 11.3. The van der Waals surface area contributed by atoms with Crippen LogP contribution in [-0.4, -0.2) is 16.9 Å². The summed E-state index contributed by atoms with van der Waals surface area (Å²) in [7, 11) is 0. The van der Waals surface area contributed by atoms with Gasteiger partial charge in [-0.25, -0.2) is 4.98 Å². The number of rotatable bonds is 5. The Labute approximate surface area is 179 Å². The Balaban J connectivity index is 1.68. The minimum absolute atomic E-state index is 0.0185. The Morgan fingerprint density at radius 1 is 1.07 bits per heavy atom. The van der Waals surface area contributed by atoms with E-state index < -0.39 is 0 Å². The highest BCUT2D eigenvalue weighted by Crippen LogP contribution is 2.28. The quantitative estimate of drug-likeness (QED) is 0.538. The number of carbonyl (C=O) groups is 1. The van der Waals surface area contributed by atoms with Crippen molar-refractivity contribution in [3.63, 3.8) is 0 Å². The summed E-state index contributed by atoms with van der Waals surface area (Å²) < 4.78 is 0. The summed E-state index contributed by atoms with van der Waals surface area (Å²) in [6.45, 7) is 6.71. The van der Waals surface area contributed by atoms with E-state index in [-0.39, 0.29) is 11.9 Å². The lowest BCUT2D eigenvalue weighted by molar-refractivity contribution is 0.0912. The number of pyridine rings is 1. The third-order valence-electron chi connectivity index (χ3n) is 6.28. The molecule has 1 aromatic heterocycles. The van der Waals surface area contributed by atoms with Crippen molar-refractivity contribution in [2.45, 2.75) is 58.9 Å². The van der Waals surface area contributed by atoms with Gasteiger partial charge in [0.1, 0.15) is 0 Å². The molecular formula is C27H32N2O. The zero-order chi connectivity index (χ0) is 21.1. The highest BCUT2D eigenvalue weighted by Gasteiger charge is 2.24. The van der Waals surface area contributed by atoms with Crippen LogP contribution in [0.3, 0.4) is 0 Å². The molecule has 0 bridgehead atoms. The molecular weight excluding hydrogens is 368 g/mol. The third kappa shape index (κ3) is 4.56. The van der Waals surface area contributed by atoms with Crippen molar-refractivity contribution < 1.29 is 4.79 Å². The van der Waals surface area contributed by atoms with Crippen LogP contribution in [0.25, 0.3) is 22.2 Å². The van der Waals surface area contributed by atoms with E-state index in [4.69, 9.17) is 4.98 Å². The van der Waals surface area contributed by atoms with E-state index in [1.165, 1.54) is 24.8 Å². The fourth-order valence-corrected chi connectivity index (χ4v) is 4.57. The fraction of sp³-hybridized carbons (Fsp3) is 0.407. The summed E-state index contributed by atoms with van der Waals surface area (Å²) in [6, 6.07) is 18.8. The molecule has 2 atom stereocenters. The number of nitrogens with one attached hydrogen (secondary N) is 1. The van der Waals surface area contributed by atoms with Crippen LogP contribution in [0, 0.1) is 11.8 Å². The maximum absolute atomic E-state index is 13.3. The normalized spacial score (nSPS) is 19.2. The van der Waals surface area contributed by atoms with Crippen LogP contribution in [0.2, 0.25) is 0 Å². The lowest BCUT2D eigenvalue weighted by Gasteiger charge is -2.29. The van der Waals surface area contributed by atoms with Crippen LogP contribution < -0.4 is 5.32 Å². The van der Waals surface area contributed by atoms with E-state index in [0.717, 1.165) is 40.6 Å². The molecule has 1 aliphatic rings. The van der Waals surface area contributed by atoms with Crippen molar-refractivity contribution in [2.75, 3.05) is 0 Å². The van der Waals surface area contributed by atoms with E-state index in [9.17, 15) is 4.79 Å². The number of nitrogens with zero attached hydrogens (tertiary/aromatic N) is 1. The molecule has 1 saturated carbocycles. The molecule has 3 nitrogen and oxygen atoms in total. The Bertz CT molecular complexity index is 1020. The number of aromatic nitrogens is 1. The average Bonchev–Trinajstić information content (AvgIpc) is 2.74. The number of carbonyl (C=O) groups excluding carboxylic acids is 1. The maximum Gasteiger partial charge on any atom is 0.252 e. The monoisotopic (exact) mass is 400 g/mol. The van der Waals surface area contributed by atoms with Crippen molar-refractivity contribution in [3.8, 4) is 11.3 Å². The lowest BCUT2D eigenvalue weighted by Crippen LogP contribution is -2.41. The smallest absolute Gasteiger partial charge is 0.252 e. The van der Waals surface area contributed by atoms with E-state index in [1.807, 2.05) is 30.3 Å². The largest absolute Gasteiger partial charge is 0.349 e. The summed E-state index contributed by atoms with van der Waals surface area (Å²) in [4.78, 5) is 18.2. The molecule has 3 aromatic rings. The van der Waals surface area contributed by atoms with Crippen LogP contribution in [0.5, 0.6) is 0 Å². The van der Waals surface area contributed by atoms with Gasteiger partial charge in [-0.3, -0.25) is 4.79 Å². The maximum atomic E-state index is 13.3. The summed E-state index contributed by atoms with van der Waals surface area (Å²) in [5.74, 6) is 1.18. The first-order chi connectivity index (χ1) is 14.5. The van der Waals surface area contributed by atoms with Crippen molar-refractivity contribution in [3.05, 3.63) is 65.7 Å². The first-order valence-electron chi connectivity index (χ1n) is 11.3. The zero-order valence-corrected chi connectivity index (χ0v) is 18.3. The molecule has 30 heavy (non-hydrogen) atoms. The molecule has 4 rings (SSSR count). The lowest BCUT2D eigenvalue weighted by atomic mass is 9.85. The first kappa shape index (κ1) is 20.6. The second kappa shape index (κ2) is 8.99. The van der Waals surface area contributed by atoms with Gasteiger partial charge >= 0.3 is 0 Å². The van der Waals surface area contributed by atoms with Crippen molar-refractivity contribution >= 4 is 16.8 Å². The van der Waals surface area contributed by atoms with E-state index in [2.05, 4.69) is 50.4 Å². The molecule has 156 valence electrons. The van der Waals surface area contributed by atoms with Crippen LogP contribution in [-0.2, 0) is 6.42 Å². The third-order valence-corrected chi connectivity index (χ3v) is 6.28. The molecule has 0 saturated heterocycles. The fourth-order valence-electron chi connectivity index (χ4n) is 4.57. The molecule has 0 aliphatic heterocycles. The number of para-hydroxylation sites is 1. The Hall–Kier alpha value is -2.68. The molecule has 0 radical (unpaired) electrons. The van der Waals surface area contributed by atoms with Gasteiger partial charge in [-0.05, 0) is 48.8 Å². The topological polar surface area (TPSA) is 42.0 Å². The number of amides is 1.